The van der Waals surface area contributed by atoms with Crippen molar-refractivity contribution in [1.82, 2.24) is 9.97 Å². The molecular weight excluding hydrogens is 282 g/mol. The summed E-state index contributed by atoms with van der Waals surface area (Å²) in [6.45, 7) is 4.15. The molecule has 1 aliphatic rings. The Balaban J connectivity index is 1.76. The minimum atomic E-state index is 0.274. The number of rotatable bonds is 3. The molecule has 0 radical (unpaired) electrons. The van der Waals surface area contributed by atoms with E-state index in [-0.39, 0.29) is 5.92 Å². The van der Waals surface area contributed by atoms with E-state index >= 15 is 0 Å². The average molecular weight is 302 g/mol. The Kier molecular flexibility index (Phi) is 4.11. The summed E-state index contributed by atoms with van der Waals surface area (Å²) in [6, 6.07) is 10.9. The van der Waals surface area contributed by atoms with Crippen LogP contribution in [0.2, 0.25) is 5.15 Å². The largest absolute Gasteiger partial charge is 0.367 e. The fourth-order valence-electron chi connectivity index (χ4n) is 2.80. The lowest BCUT2D eigenvalue weighted by atomic mass is 9.88. The number of aromatic nitrogens is 2. The third-order valence-corrected chi connectivity index (χ3v) is 4.12. The van der Waals surface area contributed by atoms with Crippen LogP contribution < -0.4 is 5.32 Å². The van der Waals surface area contributed by atoms with Gasteiger partial charge in [0.05, 0.1) is 0 Å². The fraction of sp³-hybridized carbons (Fsp3) is 0.412. The highest BCUT2D eigenvalue weighted by Gasteiger charge is 2.19. The van der Waals surface area contributed by atoms with E-state index in [9.17, 15) is 0 Å². The highest BCUT2D eigenvalue weighted by Crippen LogP contribution is 2.24. The van der Waals surface area contributed by atoms with E-state index in [0.29, 0.717) is 11.2 Å². The second-order valence-electron chi connectivity index (χ2n) is 5.94. The summed E-state index contributed by atoms with van der Waals surface area (Å²) in [5, 5.41) is 4.03. The van der Waals surface area contributed by atoms with Crippen molar-refractivity contribution >= 4 is 17.4 Å². The van der Waals surface area contributed by atoms with Crippen LogP contribution in [0.25, 0.3) is 0 Å². The molecule has 3 nitrogen and oxygen atoms in total. The van der Waals surface area contributed by atoms with Gasteiger partial charge in [-0.25, -0.2) is 9.97 Å². The molecule has 0 amide bonds. The zero-order chi connectivity index (χ0) is 14.8. The van der Waals surface area contributed by atoms with E-state index < -0.39 is 0 Å². The first-order valence-electron chi connectivity index (χ1n) is 7.49. The first-order chi connectivity index (χ1) is 10.1. The molecule has 1 unspecified atom stereocenters. The van der Waals surface area contributed by atoms with Gasteiger partial charge in [-0.2, -0.15) is 0 Å². The summed E-state index contributed by atoms with van der Waals surface area (Å²) in [4.78, 5) is 8.85. The molecule has 1 aromatic heterocycles. The second-order valence-corrected chi connectivity index (χ2v) is 6.33. The monoisotopic (exact) mass is 301 g/mol. The normalized spacial score (nSPS) is 17.6. The highest BCUT2D eigenvalue weighted by atomic mass is 35.5. The molecule has 0 aliphatic heterocycles. The molecule has 3 rings (SSSR count). The van der Waals surface area contributed by atoms with Gasteiger partial charge in [0.15, 0.2) is 0 Å². The molecule has 2 aromatic rings. The zero-order valence-corrected chi connectivity index (χ0v) is 13.2. The van der Waals surface area contributed by atoms with Crippen LogP contribution in [-0.4, -0.2) is 16.0 Å². The number of benzene rings is 1. The Morgan fingerprint density at radius 1 is 1.19 bits per heavy atom. The van der Waals surface area contributed by atoms with Gasteiger partial charge in [-0.1, -0.05) is 49.7 Å². The van der Waals surface area contributed by atoms with Crippen molar-refractivity contribution in [1.29, 1.82) is 0 Å². The van der Waals surface area contributed by atoms with Gasteiger partial charge < -0.3 is 5.32 Å². The maximum absolute atomic E-state index is 6.10. The summed E-state index contributed by atoms with van der Waals surface area (Å²) in [5.41, 5.74) is 2.91. The molecular formula is C17H20ClN3. The summed E-state index contributed by atoms with van der Waals surface area (Å²) < 4.78 is 0. The van der Waals surface area contributed by atoms with Crippen molar-refractivity contribution in [3.63, 3.8) is 0 Å². The van der Waals surface area contributed by atoms with Crippen LogP contribution in [0.5, 0.6) is 0 Å². The quantitative estimate of drug-likeness (QED) is 0.862. The SMILES string of the molecule is CC(C)c1nc(Cl)cc(NC2CCc3ccccc3C2)n1. The molecule has 1 aromatic carbocycles. The van der Waals surface area contributed by atoms with E-state index in [1.54, 1.807) is 0 Å². The molecule has 1 heterocycles. The summed E-state index contributed by atoms with van der Waals surface area (Å²) in [6.07, 6.45) is 3.27. The number of nitrogens with one attached hydrogen (secondary N) is 1. The number of fused-ring (bicyclic) bond motifs is 1. The van der Waals surface area contributed by atoms with E-state index in [2.05, 4.69) is 53.4 Å². The van der Waals surface area contributed by atoms with Gasteiger partial charge in [0, 0.05) is 18.0 Å². The fourth-order valence-corrected chi connectivity index (χ4v) is 2.99. The van der Waals surface area contributed by atoms with Crippen LogP contribution in [0.4, 0.5) is 5.82 Å². The molecule has 0 spiro atoms. The van der Waals surface area contributed by atoms with Crippen molar-refractivity contribution < 1.29 is 0 Å². The second kappa shape index (κ2) is 6.02. The predicted octanol–water partition coefficient (Wildman–Crippen LogP) is 4.22. The molecule has 21 heavy (non-hydrogen) atoms. The van der Waals surface area contributed by atoms with E-state index in [1.165, 1.54) is 11.1 Å². The maximum Gasteiger partial charge on any atom is 0.135 e. The van der Waals surface area contributed by atoms with E-state index in [4.69, 9.17) is 11.6 Å². The van der Waals surface area contributed by atoms with Gasteiger partial charge >= 0.3 is 0 Å². The van der Waals surface area contributed by atoms with Crippen LogP contribution >= 0.6 is 11.6 Å². The third-order valence-electron chi connectivity index (χ3n) is 3.93. The van der Waals surface area contributed by atoms with E-state index in [0.717, 1.165) is 30.9 Å². The molecule has 4 heteroatoms. The lowest BCUT2D eigenvalue weighted by molar-refractivity contribution is 0.607. The van der Waals surface area contributed by atoms with Crippen molar-refractivity contribution in [3.8, 4) is 0 Å². The van der Waals surface area contributed by atoms with Crippen molar-refractivity contribution in [2.75, 3.05) is 5.32 Å². The van der Waals surface area contributed by atoms with Crippen LogP contribution in [0, 0.1) is 0 Å². The lowest BCUT2D eigenvalue weighted by Gasteiger charge is -2.26. The van der Waals surface area contributed by atoms with Gasteiger partial charge in [0.25, 0.3) is 0 Å². The standard InChI is InChI=1S/C17H20ClN3/c1-11(2)17-20-15(18)10-16(21-17)19-14-8-7-12-5-3-4-6-13(12)9-14/h3-6,10-11,14H,7-9H2,1-2H3,(H,19,20,21). The Bertz CT molecular complexity index is 640. The Morgan fingerprint density at radius 3 is 2.71 bits per heavy atom. The minimum Gasteiger partial charge on any atom is -0.367 e. The smallest absolute Gasteiger partial charge is 0.135 e. The zero-order valence-electron chi connectivity index (χ0n) is 12.4. The Labute approximate surface area is 130 Å². The van der Waals surface area contributed by atoms with Gasteiger partial charge in [-0.15, -0.1) is 0 Å². The third kappa shape index (κ3) is 3.35. The number of halogens is 1. The molecule has 1 atom stereocenters. The molecule has 0 saturated carbocycles. The van der Waals surface area contributed by atoms with Crippen LogP contribution in [0.3, 0.4) is 0 Å². The van der Waals surface area contributed by atoms with Crippen molar-refractivity contribution in [2.24, 2.45) is 0 Å². The number of hydrogen-bond donors (Lipinski definition) is 1. The van der Waals surface area contributed by atoms with Gasteiger partial charge in [0.2, 0.25) is 0 Å². The molecule has 0 fully saturated rings. The number of nitrogens with zero attached hydrogens (tertiary/aromatic N) is 2. The van der Waals surface area contributed by atoms with Crippen LogP contribution in [0.15, 0.2) is 30.3 Å². The van der Waals surface area contributed by atoms with E-state index in [1.807, 2.05) is 6.07 Å². The molecule has 0 bridgehead atoms. The highest BCUT2D eigenvalue weighted by molar-refractivity contribution is 6.29. The molecule has 1 N–H and O–H groups in total. The topological polar surface area (TPSA) is 37.8 Å². The molecule has 110 valence electrons. The van der Waals surface area contributed by atoms with Crippen LogP contribution in [-0.2, 0) is 12.8 Å². The van der Waals surface area contributed by atoms with Gasteiger partial charge in [0.1, 0.15) is 16.8 Å². The van der Waals surface area contributed by atoms with Gasteiger partial charge in [-0.05, 0) is 30.4 Å². The summed E-state index contributed by atoms with van der Waals surface area (Å²) >= 11 is 6.10. The summed E-state index contributed by atoms with van der Waals surface area (Å²) in [7, 11) is 0. The van der Waals surface area contributed by atoms with Crippen molar-refractivity contribution in [3.05, 3.63) is 52.4 Å². The number of anilines is 1. The first-order valence-corrected chi connectivity index (χ1v) is 7.87. The van der Waals surface area contributed by atoms with Gasteiger partial charge in [-0.3, -0.25) is 0 Å². The number of aryl methyl sites for hydroxylation is 1. The predicted molar refractivity (Wildman–Crippen MR) is 87.0 cm³/mol. The first kappa shape index (κ1) is 14.3. The Hall–Kier alpha value is -1.61. The average Bonchev–Trinajstić information content (AvgIpc) is 2.46. The molecule has 1 aliphatic carbocycles. The van der Waals surface area contributed by atoms with Crippen molar-refractivity contribution in [2.45, 2.75) is 45.1 Å². The number of hydrogen-bond acceptors (Lipinski definition) is 3. The lowest BCUT2D eigenvalue weighted by Crippen LogP contribution is -2.28. The molecule has 0 saturated heterocycles. The minimum absolute atomic E-state index is 0.274. The van der Waals surface area contributed by atoms with Crippen LogP contribution in [0.1, 0.15) is 43.1 Å². The maximum atomic E-state index is 6.10. The Morgan fingerprint density at radius 2 is 1.95 bits per heavy atom. The summed E-state index contributed by atoms with van der Waals surface area (Å²) in [5.74, 6) is 1.90.